The molecule has 0 unspecified atom stereocenters. The fourth-order valence-electron chi connectivity index (χ4n) is 6.31. The van der Waals surface area contributed by atoms with E-state index in [-0.39, 0.29) is 0 Å². The summed E-state index contributed by atoms with van der Waals surface area (Å²) in [6.07, 6.45) is 2.23. The Morgan fingerprint density at radius 1 is 0.438 bits per heavy atom. The van der Waals surface area contributed by atoms with Gasteiger partial charge >= 0.3 is 0 Å². The highest BCUT2D eigenvalue weighted by molar-refractivity contribution is 6.30. The highest BCUT2D eigenvalue weighted by atomic mass is 14.9. The van der Waals surface area contributed by atoms with Crippen molar-refractivity contribution in [2.24, 2.45) is 0 Å². The van der Waals surface area contributed by atoms with Crippen molar-refractivity contribution in [1.29, 1.82) is 0 Å². The molecule has 0 fully saturated rings. The SMILES string of the molecule is c1ccc2c(c1)cc1ccn3c4cc5c(cc4c2c13)c1cccc2c3ccccc3n5c21. The van der Waals surface area contributed by atoms with Crippen LogP contribution < -0.4 is 0 Å². The second kappa shape index (κ2) is 4.95. The molecule has 9 aromatic rings. The second-order valence-electron chi connectivity index (χ2n) is 9.04. The van der Waals surface area contributed by atoms with Crippen LogP contribution in [0.25, 0.3) is 76.1 Å². The molecule has 2 heteroatoms. The van der Waals surface area contributed by atoms with Crippen LogP contribution in [0.15, 0.2) is 97.2 Å². The smallest absolute Gasteiger partial charge is 0.0620 e. The van der Waals surface area contributed by atoms with Gasteiger partial charge < -0.3 is 8.80 Å². The highest BCUT2D eigenvalue weighted by Crippen LogP contribution is 2.44. The normalized spacial score (nSPS) is 13.0. The van der Waals surface area contributed by atoms with E-state index in [1.54, 1.807) is 0 Å². The van der Waals surface area contributed by atoms with E-state index in [0.717, 1.165) is 0 Å². The first-order chi connectivity index (χ1) is 15.9. The number of aromatic nitrogens is 2. The van der Waals surface area contributed by atoms with E-state index in [2.05, 4.69) is 106 Å². The van der Waals surface area contributed by atoms with Crippen molar-refractivity contribution < 1.29 is 0 Å². The Morgan fingerprint density at radius 2 is 1.22 bits per heavy atom. The number of para-hydroxylation sites is 2. The molecule has 0 saturated heterocycles. The zero-order chi connectivity index (χ0) is 20.6. The minimum Gasteiger partial charge on any atom is -0.315 e. The van der Waals surface area contributed by atoms with Crippen molar-refractivity contribution in [3.05, 3.63) is 97.2 Å². The molecule has 0 spiro atoms. The zero-order valence-corrected chi connectivity index (χ0v) is 17.1. The molecule has 9 rings (SSSR count). The average Bonchev–Trinajstić information content (AvgIpc) is 3.57. The first-order valence-electron chi connectivity index (χ1n) is 11.1. The summed E-state index contributed by atoms with van der Waals surface area (Å²) in [6.45, 7) is 0. The monoisotopic (exact) mass is 404 g/mol. The average molecular weight is 404 g/mol. The number of hydrogen-bond acceptors (Lipinski definition) is 0. The van der Waals surface area contributed by atoms with Gasteiger partial charge in [-0.05, 0) is 41.1 Å². The fraction of sp³-hybridized carbons (Fsp3) is 0. The fourth-order valence-corrected chi connectivity index (χ4v) is 6.31. The lowest BCUT2D eigenvalue weighted by atomic mass is 10.0. The van der Waals surface area contributed by atoms with Gasteiger partial charge in [-0.1, -0.05) is 60.7 Å². The molecule has 146 valence electrons. The van der Waals surface area contributed by atoms with Gasteiger partial charge in [0.05, 0.1) is 27.6 Å². The summed E-state index contributed by atoms with van der Waals surface area (Å²) in [7, 11) is 0. The van der Waals surface area contributed by atoms with E-state index < -0.39 is 0 Å². The number of rotatable bonds is 0. The molecular formula is C30H16N2. The molecule has 0 aliphatic heterocycles. The lowest BCUT2D eigenvalue weighted by Gasteiger charge is -2.02. The Bertz CT molecular complexity index is 2170. The van der Waals surface area contributed by atoms with E-state index >= 15 is 0 Å². The third-order valence-corrected chi connectivity index (χ3v) is 7.56. The van der Waals surface area contributed by atoms with Gasteiger partial charge in [0.2, 0.25) is 0 Å². The molecule has 32 heavy (non-hydrogen) atoms. The van der Waals surface area contributed by atoms with Crippen molar-refractivity contribution in [3.63, 3.8) is 0 Å². The van der Waals surface area contributed by atoms with Crippen molar-refractivity contribution >= 4 is 76.1 Å². The number of fused-ring (bicyclic) bond motifs is 11. The Kier molecular flexibility index (Phi) is 2.40. The van der Waals surface area contributed by atoms with Gasteiger partial charge in [0.1, 0.15) is 0 Å². The van der Waals surface area contributed by atoms with Crippen LogP contribution in [0.3, 0.4) is 0 Å². The summed E-state index contributed by atoms with van der Waals surface area (Å²) in [5.41, 5.74) is 6.52. The molecule has 4 heterocycles. The minimum absolute atomic E-state index is 1.28. The second-order valence-corrected chi connectivity index (χ2v) is 9.04. The van der Waals surface area contributed by atoms with E-state index in [0.29, 0.717) is 0 Å². The molecule has 0 aliphatic rings. The van der Waals surface area contributed by atoms with Gasteiger partial charge in [-0.2, -0.15) is 0 Å². The largest absolute Gasteiger partial charge is 0.315 e. The third-order valence-electron chi connectivity index (χ3n) is 7.56. The molecule has 0 radical (unpaired) electrons. The summed E-state index contributed by atoms with van der Waals surface area (Å²) in [4.78, 5) is 0. The molecule has 0 aliphatic carbocycles. The van der Waals surface area contributed by atoms with Gasteiger partial charge in [0.25, 0.3) is 0 Å². The van der Waals surface area contributed by atoms with E-state index in [9.17, 15) is 0 Å². The minimum atomic E-state index is 1.28. The Labute approximate surface area is 182 Å². The Hall–Kier alpha value is -4.30. The summed E-state index contributed by atoms with van der Waals surface area (Å²) in [5.74, 6) is 0. The van der Waals surface area contributed by atoms with Gasteiger partial charge in [-0.25, -0.2) is 0 Å². The maximum atomic E-state index is 2.47. The van der Waals surface area contributed by atoms with Crippen molar-refractivity contribution in [2.75, 3.05) is 0 Å². The van der Waals surface area contributed by atoms with Gasteiger partial charge in [-0.3, -0.25) is 0 Å². The van der Waals surface area contributed by atoms with Crippen molar-refractivity contribution in [1.82, 2.24) is 8.80 Å². The summed E-state index contributed by atoms with van der Waals surface area (Å²) < 4.78 is 4.86. The van der Waals surface area contributed by atoms with E-state index in [4.69, 9.17) is 0 Å². The molecule has 5 aromatic carbocycles. The van der Waals surface area contributed by atoms with Gasteiger partial charge in [0.15, 0.2) is 0 Å². The predicted octanol–water partition coefficient (Wildman–Crippen LogP) is 7.99. The first kappa shape index (κ1) is 15.5. The summed E-state index contributed by atoms with van der Waals surface area (Å²) in [5, 5.41) is 12.0. The van der Waals surface area contributed by atoms with Crippen LogP contribution >= 0.6 is 0 Å². The zero-order valence-electron chi connectivity index (χ0n) is 17.1. The first-order valence-corrected chi connectivity index (χ1v) is 11.1. The molecule has 2 nitrogen and oxygen atoms in total. The lowest BCUT2D eigenvalue weighted by Crippen LogP contribution is -1.82. The molecular weight excluding hydrogens is 388 g/mol. The quantitative estimate of drug-likeness (QED) is 0.242. The van der Waals surface area contributed by atoms with Gasteiger partial charge in [0, 0.05) is 43.9 Å². The van der Waals surface area contributed by atoms with Crippen LogP contribution in [0.4, 0.5) is 0 Å². The van der Waals surface area contributed by atoms with Crippen LogP contribution in [0.5, 0.6) is 0 Å². The van der Waals surface area contributed by atoms with E-state index in [1.165, 1.54) is 76.1 Å². The van der Waals surface area contributed by atoms with E-state index in [1.807, 2.05) is 0 Å². The van der Waals surface area contributed by atoms with Gasteiger partial charge in [-0.15, -0.1) is 0 Å². The topological polar surface area (TPSA) is 8.82 Å². The number of nitrogens with zero attached hydrogens (tertiary/aromatic N) is 2. The molecule has 0 atom stereocenters. The molecule has 0 bridgehead atoms. The predicted molar refractivity (Wildman–Crippen MR) is 136 cm³/mol. The maximum absolute atomic E-state index is 2.47. The molecule has 4 aromatic heterocycles. The van der Waals surface area contributed by atoms with Crippen LogP contribution in [0.1, 0.15) is 0 Å². The molecule has 0 saturated carbocycles. The summed E-state index contributed by atoms with van der Waals surface area (Å²) in [6, 6.07) is 33.7. The Morgan fingerprint density at radius 3 is 2.16 bits per heavy atom. The van der Waals surface area contributed by atoms with Crippen molar-refractivity contribution in [3.8, 4) is 0 Å². The van der Waals surface area contributed by atoms with Crippen molar-refractivity contribution in [2.45, 2.75) is 0 Å². The molecule has 0 amide bonds. The third kappa shape index (κ3) is 1.55. The number of hydrogen-bond donors (Lipinski definition) is 0. The Balaban J connectivity index is 1.63. The summed E-state index contributed by atoms with van der Waals surface area (Å²) >= 11 is 0. The van der Waals surface area contributed by atoms with Crippen LogP contribution in [0.2, 0.25) is 0 Å². The highest BCUT2D eigenvalue weighted by Gasteiger charge is 2.20. The van der Waals surface area contributed by atoms with Crippen LogP contribution in [0, 0.1) is 0 Å². The molecule has 0 N–H and O–H groups in total. The maximum Gasteiger partial charge on any atom is 0.0620 e. The van der Waals surface area contributed by atoms with Crippen LogP contribution in [-0.4, -0.2) is 8.80 Å². The number of benzene rings is 5. The standard InChI is InChI=1S/C30H16N2/c1-2-7-19-17(6-1)14-18-12-13-31-26-16-27-23(15-24(26)28(19)29(18)31)22-10-5-9-21-20-8-3-4-11-25(20)32(27)30(21)22/h1-16H. The van der Waals surface area contributed by atoms with Crippen LogP contribution in [-0.2, 0) is 0 Å². The lowest BCUT2D eigenvalue weighted by molar-refractivity contribution is 1.30.